The smallest absolute Gasteiger partial charge is 0.156 e. The first kappa shape index (κ1) is 12.8. The number of H-pyrrole nitrogens is 1. The van der Waals surface area contributed by atoms with Crippen LogP contribution in [0.3, 0.4) is 0 Å². The van der Waals surface area contributed by atoms with Crippen molar-refractivity contribution in [1.29, 1.82) is 0 Å². The number of fused-ring (bicyclic) bond motifs is 1. The number of hydrogen-bond acceptors (Lipinski definition) is 5. The normalized spacial score (nSPS) is 11.0. The molecule has 2 heterocycles. The van der Waals surface area contributed by atoms with Gasteiger partial charge in [0, 0.05) is 33.5 Å². The third kappa shape index (κ3) is 2.77. The molecular weight excluding hydrogens is 232 g/mol. The summed E-state index contributed by atoms with van der Waals surface area (Å²) in [5, 5.41) is 0. The van der Waals surface area contributed by atoms with E-state index in [1.165, 1.54) is 0 Å². The van der Waals surface area contributed by atoms with E-state index in [4.69, 9.17) is 9.47 Å². The van der Waals surface area contributed by atoms with Crippen molar-refractivity contribution in [2.45, 2.75) is 0 Å². The van der Waals surface area contributed by atoms with Crippen molar-refractivity contribution >= 4 is 16.9 Å². The van der Waals surface area contributed by atoms with Crippen molar-refractivity contribution in [3.63, 3.8) is 0 Å². The number of anilines is 1. The third-order valence-electron chi connectivity index (χ3n) is 2.75. The molecule has 18 heavy (non-hydrogen) atoms. The molecular formula is C12H18N4O2. The van der Waals surface area contributed by atoms with Crippen LogP contribution in [0.15, 0.2) is 18.6 Å². The van der Waals surface area contributed by atoms with Crippen LogP contribution < -0.4 is 4.90 Å². The van der Waals surface area contributed by atoms with Gasteiger partial charge in [-0.15, -0.1) is 0 Å². The second kappa shape index (κ2) is 6.32. The molecule has 0 aliphatic heterocycles. The summed E-state index contributed by atoms with van der Waals surface area (Å²) in [5.41, 5.74) is 1.87. The highest BCUT2D eigenvalue weighted by Gasteiger charge is 2.12. The monoisotopic (exact) mass is 250 g/mol. The fourth-order valence-corrected chi connectivity index (χ4v) is 1.81. The number of aromatic amines is 1. The third-order valence-corrected chi connectivity index (χ3v) is 2.75. The molecule has 0 unspecified atom stereocenters. The molecule has 0 aliphatic rings. The Labute approximate surface area is 106 Å². The molecule has 6 nitrogen and oxygen atoms in total. The Bertz CT molecular complexity index is 478. The standard InChI is InChI=1S/C12H18N4O2/c1-17-7-5-16(6-8-18-2)12-11-10(3-4-13-12)14-9-15-11/h3-4,9H,5-8H2,1-2H3,(H,14,15). The van der Waals surface area contributed by atoms with Gasteiger partial charge < -0.3 is 19.4 Å². The number of aromatic nitrogens is 3. The molecule has 1 N–H and O–H groups in total. The van der Waals surface area contributed by atoms with Gasteiger partial charge in [-0.2, -0.15) is 0 Å². The maximum atomic E-state index is 5.13. The van der Waals surface area contributed by atoms with E-state index in [1.807, 2.05) is 6.07 Å². The van der Waals surface area contributed by atoms with E-state index in [9.17, 15) is 0 Å². The van der Waals surface area contributed by atoms with Gasteiger partial charge in [0.1, 0.15) is 5.52 Å². The predicted octanol–water partition coefficient (Wildman–Crippen LogP) is 1.06. The zero-order valence-electron chi connectivity index (χ0n) is 10.7. The summed E-state index contributed by atoms with van der Waals surface area (Å²) in [5.74, 6) is 0.864. The fourth-order valence-electron chi connectivity index (χ4n) is 1.81. The van der Waals surface area contributed by atoms with Crippen LogP contribution in [0.2, 0.25) is 0 Å². The Kier molecular flexibility index (Phi) is 4.49. The maximum Gasteiger partial charge on any atom is 0.156 e. The minimum absolute atomic E-state index is 0.645. The minimum atomic E-state index is 0.645. The summed E-state index contributed by atoms with van der Waals surface area (Å²) in [6.07, 6.45) is 3.46. The van der Waals surface area contributed by atoms with Gasteiger partial charge in [0.15, 0.2) is 5.82 Å². The van der Waals surface area contributed by atoms with Crippen LogP contribution >= 0.6 is 0 Å². The summed E-state index contributed by atoms with van der Waals surface area (Å²) in [6.45, 7) is 2.82. The number of pyridine rings is 1. The van der Waals surface area contributed by atoms with E-state index >= 15 is 0 Å². The second-order valence-electron chi connectivity index (χ2n) is 3.91. The van der Waals surface area contributed by atoms with Gasteiger partial charge >= 0.3 is 0 Å². The maximum absolute atomic E-state index is 5.13. The molecule has 0 amide bonds. The van der Waals surface area contributed by atoms with Crippen molar-refractivity contribution in [3.05, 3.63) is 18.6 Å². The molecule has 0 bridgehead atoms. The zero-order chi connectivity index (χ0) is 12.8. The fraction of sp³-hybridized carbons (Fsp3) is 0.500. The average molecular weight is 250 g/mol. The molecule has 98 valence electrons. The number of imidazole rings is 1. The molecule has 0 spiro atoms. The van der Waals surface area contributed by atoms with Gasteiger partial charge in [0.25, 0.3) is 0 Å². The number of hydrogen-bond donors (Lipinski definition) is 1. The summed E-state index contributed by atoms with van der Waals surface area (Å²) < 4.78 is 10.3. The number of ether oxygens (including phenoxy) is 2. The number of nitrogens with zero attached hydrogens (tertiary/aromatic N) is 3. The molecule has 0 saturated heterocycles. The number of methoxy groups -OCH3 is 2. The highest BCUT2D eigenvalue weighted by molar-refractivity contribution is 5.85. The summed E-state index contributed by atoms with van der Waals surface area (Å²) >= 11 is 0. The molecule has 0 aliphatic carbocycles. The van der Waals surface area contributed by atoms with E-state index in [0.717, 1.165) is 29.9 Å². The average Bonchev–Trinajstić information content (AvgIpc) is 2.87. The SMILES string of the molecule is COCCN(CCOC)c1nccc2[nH]cnc12. The van der Waals surface area contributed by atoms with E-state index < -0.39 is 0 Å². The minimum Gasteiger partial charge on any atom is -0.383 e. The molecule has 2 aromatic rings. The lowest BCUT2D eigenvalue weighted by molar-refractivity contribution is 0.190. The Morgan fingerprint density at radius 3 is 2.56 bits per heavy atom. The topological polar surface area (TPSA) is 63.3 Å². The summed E-state index contributed by atoms with van der Waals surface area (Å²) in [4.78, 5) is 13.9. The summed E-state index contributed by atoms with van der Waals surface area (Å²) in [7, 11) is 3.38. The van der Waals surface area contributed by atoms with E-state index in [2.05, 4.69) is 19.9 Å². The van der Waals surface area contributed by atoms with Crippen molar-refractivity contribution in [1.82, 2.24) is 15.0 Å². The first-order valence-electron chi connectivity index (χ1n) is 5.87. The first-order chi connectivity index (χ1) is 8.86. The Hall–Kier alpha value is -1.66. The first-order valence-corrected chi connectivity index (χ1v) is 5.87. The largest absolute Gasteiger partial charge is 0.383 e. The number of nitrogens with one attached hydrogen (secondary N) is 1. The van der Waals surface area contributed by atoms with Gasteiger partial charge in [0.05, 0.1) is 25.1 Å². The molecule has 2 aromatic heterocycles. The molecule has 0 radical (unpaired) electrons. The van der Waals surface area contributed by atoms with Gasteiger partial charge in [0.2, 0.25) is 0 Å². The van der Waals surface area contributed by atoms with Gasteiger partial charge in [-0.1, -0.05) is 0 Å². The van der Waals surface area contributed by atoms with Crippen LogP contribution in [0.1, 0.15) is 0 Å². The Morgan fingerprint density at radius 1 is 1.17 bits per heavy atom. The number of rotatable bonds is 7. The molecule has 0 fully saturated rings. The molecule has 0 saturated carbocycles. The van der Waals surface area contributed by atoms with Crippen LogP contribution in [-0.4, -0.2) is 55.5 Å². The van der Waals surface area contributed by atoms with Crippen molar-refractivity contribution < 1.29 is 9.47 Å². The Morgan fingerprint density at radius 2 is 1.89 bits per heavy atom. The lowest BCUT2D eigenvalue weighted by Crippen LogP contribution is -2.31. The molecule has 2 rings (SSSR count). The van der Waals surface area contributed by atoms with Crippen molar-refractivity contribution in [3.8, 4) is 0 Å². The quantitative estimate of drug-likeness (QED) is 0.796. The zero-order valence-corrected chi connectivity index (χ0v) is 10.7. The Balaban J connectivity index is 2.24. The van der Waals surface area contributed by atoms with Crippen LogP contribution in [0, 0.1) is 0 Å². The van der Waals surface area contributed by atoms with Crippen molar-refractivity contribution in [2.75, 3.05) is 45.4 Å². The lowest BCUT2D eigenvalue weighted by Gasteiger charge is -2.23. The van der Waals surface area contributed by atoms with E-state index in [0.29, 0.717) is 13.2 Å². The van der Waals surface area contributed by atoms with Crippen LogP contribution in [0.4, 0.5) is 5.82 Å². The van der Waals surface area contributed by atoms with Crippen LogP contribution in [0.25, 0.3) is 11.0 Å². The highest BCUT2D eigenvalue weighted by atomic mass is 16.5. The second-order valence-corrected chi connectivity index (χ2v) is 3.91. The molecule has 0 atom stereocenters. The van der Waals surface area contributed by atoms with Crippen molar-refractivity contribution in [2.24, 2.45) is 0 Å². The molecule has 0 aromatic carbocycles. The van der Waals surface area contributed by atoms with Gasteiger partial charge in [-0.05, 0) is 6.07 Å². The highest BCUT2D eigenvalue weighted by Crippen LogP contribution is 2.20. The van der Waals surface area contributed by atoms with E-state index in [-0.39, 0.29) is 0 Å². The van der Waals surface area contributed by atoms with E-state index in [1.54, 1.807) is 26.7 Å². The predicted molar refractivity (Wildman–Crippen MR) is 69.9 cm³/mol. The summed E-state index contributed by atoms with van der Waals surface area (Å²) in [6, 6.07) is 1.91. The van der Waals surface area contributed by atoms with Gasteiger partial charge in [-0.25, -0.2) is 9.97 Å². The lowest BCUT2D eigenvalue weighted by atomic mass is 10.3. The van der Waals surface area contributed by atoms with Crippen LogP contribution in [-0.2, 0) is 9.47 Å². The molecule has 6 heteroatoms. The van der Waals surface area contributed by atoms with Gasteiger partial charge in [-0.3, -0.25) is 0 Å². The van der Waals surface area contributed by atoms with Crippen LogP contribution in [0.5, 0.6) is 0 Å².